The summed E-state index contributed by atoms with van der Waals surface area (Å²) in [6.07, 6.45) is 8.33. The molecule has 6 nitrogen and oxygen atoms in total. The van der Waals surface area contributed by atoms with E-state index in [4.69, 9.17) is 16.2 Å². The number of guanidine groups is 1. The van der Waals surface area contributed by atoms with Crippen molar-refractivity contribution in [2.24, 2.45) is 27.7 Å². The Kier molecular flexibility index (Phi) is 6.74. The molecule has 2 saturated carbocycles. The van der Waals surface area contributed by atoms with Crippen LogP contribution in [-0.2, 0) is 11.3 Å². The van der Waals surface area contributed by atoms with E-state index in [0.29, 0.717) is 32.6 Å². The van der Waals surface area contributed by atoms with Gasteiger partial charge in [-0.25, -0.2) is 4.99 Å². The molecule has 0 N–H and O–H groups in total. The van der Waals surface area contributed by atoms with Crippen LogP contribution >= 0.6 is 11.3 Å². The van der Waals surface area contributed by atoms with Crippen LogP contribution in [0.3, 0.4) is 0 Å². The van der Waals surface area contributed by atoms with Crippen molar-refractivity contribution in [2.75, 3.05) is 26.7 Å². The van der Waals surface area contributed by atoms with E-state index in [9.17, 15) is 13.2 Å². The molecule has 3 aliphatic heterocycles. The molecule has 10 heteroatoms. The van der Waals surface area contributed by atoms with E-state index < -0.39 is 17.8 Å². The first-order valence-corrected chi connectivity index (χ1v) is 14.8. The van der Waals surface area contributed by atoms with E-state index in [-0.39, 0.29) is 36.8 Å². The second-order valence-corrected chi connectivity index (χ2v) is 12.6. The molecule has 2 aliphatic carbocycles. The number of piperazine rings is 1. The Morgan fingerprint density at radius 1 is 1.23 bits per heavy atom. The highest BCUT2D eigenvalue weighted by Gasteiger charge is 2.59. The van der Waals surface area contributed by atoms with E-state index in [0.717, 1.165) is 34.9 Å². The molecule has 6 atom stereocenters. The summed E-state index contributed by atoms with van der Waals surface area (Å²) in [5.74, 6) is 2.84. The molecule has 1 aromatic heterocycles. The number of aliphatic imine (C=N–C) groups is 2. The van der Waals surface area contributed by atoms with Crippen LogP contribution in [0.15, 0.2) is 27.1 Å². The number of halogens is 3. The van der Waals surface area contributed by atoms with Crippen LogP contribution in [0.25, 0.3) is 0 Å². The van der Waals surface area contributed by atoms with Crippen molar-refractivity contribution in [3.8, 4) is 12.3 Å². The van der Waals surface area contributed by atoms with Crippen molar-refractivity contribution in [3.63, 3.8) is 0 Å². The lowest BCUT2D eigenvalue weighted by atomic mass is 9.91. The number of methoxy groups -OCH3 is 1. The van der Waals surface area contributed by atoms with Crippen LogP contribution in [0, 0.1) is 37.0 Å². The zero-order valence-corrected chi connectivity index (χ0v) is 23.6. The molecular weight excluding hydrogens is 523 g/mol. The topological polar surface area (TPSA) is 43.7 Å². The van der Waals surface area contributed by atoms with E-state index in [1.807, 2.05) is 12.3 Å². The number of nitrogens with zero attached hydrogens (tertiary/aromatic N) is 5. The maximum absolute atomic E-state index is 14.0. The van der Waals surface area contributed by atoms with Gasteiger partial charge in [-0.15, -0.1) is 17.8 Å². The molecule has 1 aromatic rings. The maximum Gasteiger partial charge on any atom is 0.391 e. The van der Waals surface area contributed by atoms with Crippen LogP contribution in [0.2, 0.25) is 0 Å². The number of fused-ring (bicyclic) bond motifs is 2. The van der Waals surface area contributed by atoms with Crippen molar-refractivity contribution in [1.82, 2.24) is 14.7 Å². The van der Waals surface area contributed by atoms with Gasteiger partial charge in [0.15, 0.2) is 5.72 Å². The Labute approximate surface area is 232 Å². The largest absolute Gasteiger partial charge is 0.391 e. The smallest absolute Gasteiger partial charge is 0.357 e. The number of hydrogen-bond acceptors (Lipinski definition) is 7. The van der Waals surface area contributed by atoms with Gasteiger partial charge < -0.3 is 19.4 Å². The average Bonchev–Trinajstić information content (AvgIpc) is 3.62. The molecule has 0 radical (unpaired) electrons. The molecule has 3 fully saturated rings. The summed E-state index contributed by atoms with van der Waals surface area (Å²) in [7, 11) is 1.70. The summed E-state index contributed by atoms with van der Waals surface area (Å²) < 4.78 is 47.6. The number of dihydropyridines is 1. The molecule has 1 saturated heterocycles. The molecule has 0 spiro atoms. The standard InChI is InChI=1S/C29H36F3N5OS/c1-5-21-15-35(11-12-36(21)23-9-10-33-28(38-4)14-22(23)28)27-34-26-19(3)17-39-25(26)16-37(27)24-13-20(29(30,31)32)8-6-7-18(24)2/h1,9-10,17-18,20-22,24H,6-8,11-16H2,2-4H3/t18?,20?,21-,22?,24?,28?/m1/s1. The van der Waals surface area contributed by atoms with E-state index in [1.54, 1.807) is 18.4 Å². The highest BCUT2D eigenvalue weighted by atomic mass is 32.1. The predicted octanol–water partition coefficient (Wildman–Crippen LogP) is 5.57. The lowest BCUT2D eigenvalue weighted by Crippen LogP contribution is -2.59. The third-order valence-electron chi connectivity index (χ3n) is 9.37. The summed E-state index contributed by atoms with van der Waals surface area (Å²) in [5, 5.41) is 2.10. The Balaban J connectivity index is 1.29. The molecule has 4 heterocycles. The van der Waals surface area contributed by atoms with Gasteiger partial charge in [0, 0.05) is 44.6 Å². The molecule has 5 aliphatic rings. The summed E-state index contributed by atoms with van der Waals surface area (Å²) in [4.78, 5) is 17.5. The fourth-order valence-corrected chi connectivity index (χ4v) is 7.93. The van der Waals surface area contributed by atoms with Gasteiger partial charge >= 0.3 is 6.18 Å². The van der Waals surface area contributed by atoms with Crippen LogP contribution < -0.4 is 0 Å². The monoisotopic (exact) mass is 559 g/mol. The molecule has 0 bridgehead atoms. The van der Waals surface area contributed by atoms with E-state index in [2.05, 4.69) is 44.8 Å². The predicted molar refractivity (Wildman–Crippen MR) is 148 cm³/mol. The number of allylic oxidation sites excluding steroid dienone is 1. The van der Waals surface area contributed by atoms with Gasteiger partial charge in [-0.3, -0.25) is 4.99 Å². The first-order valence-electron chi connectivity index (χ1n) is 13.9. The van der Waals surface area contributed by atoms with Gasteiger partial charge in [-0.2, -0.15) is 13.2 Å². The van der Waals surface area contributed by atoms with Crippen molar-refractivity contribution in [2.45, 2.75) is 76.5 Å². The van der Waals surface area contributed by atoms with Crippen LogP contribution in [0.1, 0.15) is 49.5 Å². The van der Waals surface area contributed by atoms with Crippen molar-refractivity contribution < 1.29 is 17.9 Å². The number of aryl methyl sites for hydroxylation is 1. The number of alkyl halides is 3. The highest BCUT2D eigenvalue weighted by Crippen LogP contribution is 2.54. The van der Waals surface area contributed by atoms with Gasteiger partial charge in [-0.1, -0.05) is 19.3 Å². The van der Waals surface area contributed by atoms with E-state index >= 15 is 0 Å². The van der Waals surface area contributed by atoms with Crippen LogP contribution in [-0.4, -0.2) is 77.6 Å². The average molecular weight is 560 g/mol. The van der Waals surface area contributed by atoms with Gasteiger partial charge in [0.25, 0.3) is 0 Å². The summed E-state index contributed by atoms with van der Waals surface area (Å²) in [6.45, 7) is 6.71. The van der Waals surface area contributed by atoms with Crippen molar-refractivity contribution in [3.05, 3.63) is 27.6 Å². The minimum atomic E-state index is -4.18. The minimum absolute atomic E-state index is 0.106. The van der Waals surface area contributed by atoms with Crippen molar-refractivity contribution >= 4 is 29.2 Å². The molecule has 5 unspecified atom stereocenters. The third kappa shape index (κ3) is 4.65. The van der Waals surface area contributed by atoms with Crippen LogP contribution in [0.5, 0.6) is 0 Å². The van der Waals surface area contributed by atoms with Gasteiger partial charge in [0.2, 0.25) is 5.96 Å². The summed E-state index contributed by atoms with van der Waals surface area (Å²) in [5.41, 5.74) is 2.78. The van der Waals surface area contributed by atoms with E-state index in [1.165, 1.54) is 5.70 Å². The molecular formula is C29H36F3N5OS. The van der Waals surface area contributed by atoms with Gasteiger partial charge in [-0.05, 0) is 49.1 Å². The molecule has 0 amide bonds. The molecule has 6 rings (SSSR count). The number of terminal acetylenes is 1. The second kappa shape index (κ2) is 9.84. The zero-order chi connectivity index (χ0) is 27.5. The number of rotatable bonds is 3. The molecule has 0 aromatic carbocycles. The minimum Gasteiger partial charge on any atom is -0.357 e. The maximum atomic E-state index is 14.0. The fraction of sp³-hybridized carbons (Fsp3) is 0.655. The second-order valence-electron chi connectivity index (χ2n) is 11.7. The lowest BCUT2D eigenvalue weighted by Gasteiger charge is -2.48. The Hall–Kier alpha value is -2.51. The first-order chi connectivity index (χ1) is 18.6. The Bertz CT molecular complexity index is 1250. The third-order valence-corrected chi connectivity index (χ3v) is 10.5. The SMILES string of the molecule is C#C[C@@H]1CN(C2=Nc3c(C)csc3CN2C2CC(C(F)(F)F)CCCC2C)CCN1C1=CC=NC2(OC)CC12. The number of ether oxygens (including phenoxy) is 1. The summed E-state index contributed by atoms with van der Waals surface area (Å²) in [6, 6.07) is -0.419. The number of hydrogen-bond donors (Lipinski definition) is 0. The van der Waals surface area contributed by atoms with Crippen LogP contribution in [0.4, 0.5) is 18.9 Å². The van der Waals surface area contributed by atoms with Gasteiger partial charge in [0.1, 0.15) is 6.04 Å². The fourth-order valence-electron chi connectivity index (χ4n) is 6.97. The Morgan fingerprint density at radius 2 is 2.05 bits per heavy atom. The first kappa shape index (κ1) is 26.7. The quantitative estimate of drug-likeness (QED) is 0.359. The van der Waals surface area contributed by atoms with Crippen molar-refractivity contribution in [1.29, 1.82) is 0 Å². The lowest BCUT2D eigenvalue weighted by molar-refractivity contribution is -0.180. The normalized spacial score (nSPS) is 34.5. The highest BCUT2D eigenvalue weighted by molar-refractivity contribution is 7.10. The summed E-state index contributed by atoms with van der Waals surface area (Å²) >= 11 is 1.65. The molecule has 39 heavy (non-hydrogen) atoms. The zero-order valence-electron chi connectivity index (χ0n) is 22.7. The molecule has 210 valence electrons. The van der Waals surface area contributed by atoms with Gasteiger partial charge in [0.05, 0.1) is 35.5 Å². The Morgan fingerprint density at radius 3 is 2.79 bits per heavy atom. The number of thiophene rings is 1.